The van der Waals surface area contributed by atoms with Crippen molar-refractivity contribution in [3.8, 4) is 0 Å². The van der Waals surface area contributed by atoms with Gasteiger partial charge in [-0.15, -0.1) is 0 Å². The van der Waals surface area contributed by atoms with Crippen LogP contribution in [0.2, 0.25) is 0 Å². The summed E-state index contributed by atoms with van der Waals surface area (Å²) in [6.45, 7) is 0.201. The number of fused-ring (bicyclic) bond motifs is 1. The summed E-state index contributed by atoms with van der Waals surface area (Å²) in [4.78, 5) is 55.3. The molecule has 0 bridgehead atoms. The monoisotopic (exact) mass is 488 g/mol. The van der Waals surface area contributed by atoms with E-state index in [1.807, 2.05) is 24.3 Å². The highest BCUT2D eigenvalue weighted by Crippen LogP contribution is 2.19. The van der Waals surface area contributed by atoms with E-state index < -0.39 is 41.8 Å². The predicted octanol–water partition coefficient (Wildman–Crippen LogP) is -1.59. The van der Waals surface area contributed by atoms with E-state index in [0.29, 0.717) is 6.42 Å². The number of guanidine groups is 1. The number of nitrogens with two attached hydrogens (primary N) is 4. The number of aromatic amines is 1. The molecule has 0 unspecified atom stereocenters. The summed E-state index contributed by atoms with van der Waals surface area (Å²) in [5, 5.41) is 15.4. The average Bonchev–Trinajstić information content (AvgIpc) is 3.21. The number of carboxylic acid groups (broad SMARTS) is 1. The number of hydrogen-bond acceptors (Lipinski definition) is 6. The molecule has 13 heteroatoms. The van der Waals surface area contributed by atoms with E-state index in [1.54, 1.807) is 6.20 Å². The molecule has 0 fully saturated rings. The minimum absolute atomic E-state index is 0.00509. The highest BCUT2D eigenvalue weighted by Gasteiger charge is 2.28. The van der Waals surface area contributed by atoms with E-state index in [9.17, 15) is 24.3 Å². The zero-order valence-electron chi connectivity index (χ0n) is 19.2. The van der Waals surface area contributed by atoms with Crippen molar-refractivity contribution in [3.05, 3.63) is 36.0 Å². The molecule has 2 aromatic rings. The van der Waals surface area contributed by atoms with Gasteiger partial charge < -0.3 is 43.7 Å². The summed E-state index contributed by atoms with van der Waals surface area (Å²) in [5.41, 5.74) is 23.1. The van der Waals surface area contributed by atoms with Gasteiger partial charge in [-0.3, -0.25) is 19.4 Å². The highest BCUT2D eigenvalue weighted by atomic mass is 16.4. The Hall–Kier alpha value is -4.13. The molecule has 0 aliphatic rings. The Bertz CT molecular complexity index is 1080. The lowest BCUT2D eigenvalue weighted by atomic mass is 10.0. The number of H-pyrrole nitrogens is 1. The quantitative estimate of drug-likeness (QED) is 0.0872. The molecule has 190 valence electrons. The number of carbonyl (C=O) groups is 4. The van der Waals surface area contributed by atoms with Gasteiger partial charge in [0.15, 0.2) is 5.96 Å². The first-order chi connectivity index (χ1) is 16.6. The number of carbonyl (C=O) groups excluding carboxylic acids is 3. The Labute approximate surface area is 201 Å². The summed E-state index contributed by atoms with van der Waals surface area (Å²) in [6, 6.07) is 4.00. The molecule has 3 atom stereocenters. The second kappa shape index (κ2) is 12.9. The van der Waals surface area contributed by atoms with Crippen molar-refractivity contribution < 1.29 is 24.3 Å². The number of benzene rings is 1. The van der Waals surface area contributed by atoms with Gasteiger partial charge >= 0.3 is 5.97 Å². The van der Waals surface area contributed by atoms with Crippen molar-refractivity contribution in [1.82, 2.24) is 15.6 Å². The number of amides is 3. The van der Waals surface area contributed by atoms with Gasteiger partial charge in [-0.2, -0.15) is 0 Å². The molecule has 13 nitrogen and oxygen atoms in total. The fourth-order valence-corrected chi connectivity index (χ4v) is 3.47. The highest BCUT2D eigenvalue weighted by molar-refractivity contribution is 5.93. The van der Waals surface area contributed by atoms with Crippen LogP contribution in [0.1, 0.15) is 31.2 Å². The van der Waals surface area contributed by atoms with Gasteiger partial charge in [-0.25, -0.2) is 4.79 Å². The molecule has 1 aromatic heterocycles. The van der Waals surface area contributed by atoms with Crippen molar-refractivity contribution in [1.29, 1.82) is 0 Å². The van der Waals surface area contributed by atoms with Crippen LogP contribution in [0.15, 0.2) is 35.5 Å². The third-order valence-electron chi connectivity index (χ3n) is 5.33. The van der Waals surface area contributed by atoms with Crippen molar-refractivity contribution in [3.63, 3.8) is 0 Å². The van der Waals surface area contributed by atoms with Gasteiger partial charge in [0.05, 0.1) is 6.04 Å². The lowest BCUT2D eigenvalue weighted by Crippen LogP contribution is -2.55. The molecule has 0 radical (unpaired) electrons. The van der Waals surface area contributed by atoms with E-state index in [4.69, 9.17) is 22.9 Å². The van der Waals surface area contributed by atoms with Crippen LogP contribution in [-0.4, -0.2) is 64.4 Å². The number of aliphatic carboxylic acids is 1. The molecule has 2 rings (SSSR count). The smallest absolute Gasteiger partial charge is 0.326 e. The van der Waals surface area contributed by atoms with E-state index in [0.717, 1.165) is 16.5 Å². The van der Waals surface area contributed by atoms with Crippen LogP contribution < -0.4 is 33.6 Å². The zero-order chi connectivity index (χ0) is 26.0. The third-order valence-corrected chi connectivity index (χ3v) is 5.33. The molecule has 3 amide bonds. The number of aliphatic imine (C=N–C) groups is 1. The van der Waals surface area contributed by atoms with Crippen LogP contribution in [0.5, 0.6) is 0 Å². The average molecular weight is 489 g/mol. The van der Waals surface area contributed by atoms with Crippen LogP contribution in [-0.2, 0) is 25.6 Å². The summed E-state index contributed by atoms with van der Waals surface area (Å²) in [5.74, 6) is -3.31. The second-order valence-electron chi connectivity index (χ2n) is 8.08. The van der Waals surface area contributed by atoms with Crippen molar-refractivity contribution >= 4 is 40.6 Å². The zero-order valence-corrected chi connectivity index (χ0v) is 19.2. The van der Waals surface area contributed by atoms with Gasteiger partial charge in [0, 0.05) is 36.5 Å². The summed E-state index contributed by atoms with van der Waals surface area (Å²) >= 11 is 0. The van der Waals surface area contributed by atoms with E-state index in [-0.39, 0.29) is 38.2 Å². The maximum absolute atomic E-state index is 13.1. The van der Waals surface area contributed by atoms with Crippen LogP contribution in [0.25, 0.3) is 10.9 Å². The number of aromatic nitrogens is 1. The lowest BCUT2D eigenvalue weighted by molar-refractivity contribution is -0.142. The molecule has 35 heavy (non-hydrogen) atoms. The van der Waals surface area contributed by atoms with Crippen LogP contribution in [0.4, 0.5) is 0 Å². The molecule has 1 aromatic carbocycles. The second-order valence-corrected chi connectivity index (χ2v) is 8.08. The molecule has 12 N–H and O–H groups in total. The molecule has 1 heterocycles. The normalized spacial score (nSPS) is 13.4. The fourth-order valence-electron chi connectivity index (χ4n) is 3.47. The SMILES string of the molecule is NC(=O)CC[C@H](N)C(=O)N[C@@H](Cc1c[nH]c2ccccc12)C(=O)N[C@@H](CCCN=C(N)N)C(=O)O. The Morgan fingerprint density at radius 2 is 1.69 bits per heavy atom. The maximum Gasteiger partial charge on any atom is 0.326 e. The number of para-hydroxylation sites is 1. The first-order valence-corrected chi connectivity index (χ1v) is 11.1. The molecular weight excluding hydrogens is 456 g/mol. The van der Waals surface area contributed by atoms with Crippen molar-refractivity contribution in [2.24, 2.45) is 27.9 Å². The topological polar surface area (TPSA) is 245 Å². The van der Waals surface area contributed by atoms with Gasteiger partial charge in [0.1, 0.15) is 12.1 Å². The molecule has 0 aliphatic heterocycles. The number of carboxylic acids is 1. The predicted molar refractivity (Wildman–Crippen MR) is 130 cm³/mol. The Balaban J connectivity index is 2.18. The number of primary amides is 1. The third kappa shape index (κ3) is 8.62. The van der Waals surface area contributed by atoms with Crippen LogP contribution in [0, 0.1) is 0 Å². The molecule has 0 spiro atoms. The molecular formula is C22H32N8O5. The number of hydrogen-bond donors (Lipinski definition) is 8. The van der Waals surface area contributed by atoms with Gasteiger partial charge in [-0.05, 0) is 30.9 Å². The van der Waals surface area contributed by atoms with Gasteiger partial charge in [0.25, 0.3) is 0 Å². The first kappa shape index (κ1) is 27.1. The number of nitrogens with one attached hydrogen (secondary N) is 3. The first-order valence-electron chi connectivity index (χ1n) is 11.1. The van der Waals surface area contributed by atoms with Gasteiger partial charge in [0.2, 0.25) is 17.7 Å². The summed E-state index contributed by atoms with van der Waals surface area (Å²) in [7, 11) is 0. The molecule has 0 saturated heterocycles. The number of rotatable bonds is 14. The summed E-state index contributed by atoms with van der Waals surface area (Å²) in [6.07, 6.45) is 2.09. The Morgan fingerprint density at radius 1 is 1.00 bits per heavy atom. The minimum Gasteiger partial charge on any atom is -0.480 e. The van der Waals surface area contributed by atoms with E-state index in [1.165, 1.54) is 0 Å². The van der Waals surface area contributed by atoms with Crippen LogP contribution >= 0.6 is 0 Å². The van der Waals surface area contributed by atoms with E-state index >= 15 is 0 Å². The number of nitrogens with zero attached hydrogens (tertiary/aromatic N) is 1. The van der Waals surface area contributed by atoms with Crippen LogP contribution in [0.3, 0.4) is 0 Å². The fraction of sp³-hybridized carbons (Fsp3) is 0.409. The minimum atomic E-state index is -1.24. The Kier molecular flexibility index (Phi) is 10.0. The standard InChI is InChI=1S/C22H32N8O5/c23-14(7-8-18(24)31)19(32)30-17(10-12-11-28-15-5-2-1-4-13(12)15)20(33)29-16(21(34)35)6-3-9-27-22(25)26/h1-2,4-5,11,14,16-17,28H,3,6-10,23H2,(H2,24,31)(H,29,33)(H,30,32)(H,34,35)(H4,25,26,27)/t14-,16-,17-/m0/s1. The summed E-state index contributed by atoms with van der Waals surface area (Å²) < 4.78 is 0. The molecule has 0 aliphatic carbocycles. The largest absolute Gasteiger partial charge is 0.480 e. The molecule has 0 saturated carbocycles. The van der Waals surface area contributed by atoms with Gasteiger partial charge in [-0.1, -0.05) is 18.2 Å². The van der Waals surface area contributed by atoms with E-state index in [2.05, 4.69) is 20.6 Å². The lowest BCUT2D eigenvalue weighted by Gasteiger charge is -2.23. The maximum atomic E-state index is 13.1. The van der Waals surface area contributed by atoms with Crippen molar-refractivity contribution in [2.45, 2.75) is 50.2 Å². The Morgan fingerprint density at radius 3 is 2.34 bits per heavy atom. The van der Waals surface area contributed by atoms with Crippen molar-refractivity contribution in [2.75, 3.05) is 6.54 Å².